The first kappa shape index (κ1) is 12.1. The minimum absolute atomic E-state index is 0.0609. The average Bonchev–Trinajstić information content (AvgIpc) is 2.10. The number of amides is 1. The Hall–Kier alpha value is -0.940. The van der Waals surface area contributed by atoms with Crippen molar-refractivity contribution in [3.8, 4) is 0 Å². The first-order valence-electron chi connectivity index (χ1n) is 4.56. The van der Waals surface area contributed by atoms with E-state index in [1.165, 1.54) is 0 Å². The lowest BCUT2D eigenvalue weighted by molar-refractivity contribution is -0.116. The second-order valence-corrected chi connectivity index (χ2v) is 4.46. The minimum atomic E-state index is -0.0609. The van der Waals surface area contributed by atoms with Crippen LogP contribution in [0.1, 0.15) is 5.56 Å². The van der Waals surface area contributed by atoms with E-state index in [4.69, 9.17) is 0 Å². The zero-order chi connectivity index (χ0) is 11.4. The van der Waals surface area contributed by atoms with Gasteiger partial charge in [-0.3, -0.25) is 4.79 Å². The quantitative estimate of drug-likeness (QED) is 0.910. The summed E-state index contributed by atoms with van der Waals surface area (Å²) in [7, 11) is 3.69. The van der Waals surface area contributed by atoms with Crippen LogP contribution in [0.15, 0.2) is 16.7 Å². The third-order valence-electron chi connectivity index (χ3n) is 1.77. The predicted molar refractivity (Wildman–Crippen MR) is 63.9 cm³/mol. The molecule has 1 N–H and O–H groups in total. The minimum Gasteiger partial charge on any atom is -0.310 e. The van der Waals surface area contributed by atoms with E-state index in [9.17, 15) is 4.79 Å². The highest BCUT2D eigenvalue weighted by molar-refractivity contribution is 9.10. The van der Waals surface area contributed by atoms with Gasteiger partial charge in [-0.15, -0.1) is 0 Å². The lowest BCUT2D eigenvalue weighted by atomic mass is 10.3. The van der Waals surface area contributed by atoms with Gasteiger partial charge in [-0.05, 0) is 48.6 Å². The highest BCUT2D eigenvalue weighted by Crippen LogP contribution is 2.16. The van der Waals surface area contributed by atoms with Gasteiger partial charge in [0, 0.05) is 10.7 Å². The molecule has 0 unspecified atom stereocenters. The third kappa shape index (κ3) is 3.97. The Morgan fingerprint density at radius 2 is 2.27 bits per heavy atom. The van der Waals surface area contributed by atoms with Crippen LogP contribution in [0, 0.1) is 6.92 Å². The van der Waals surface area contributed by atoms with Gasteiger partial charge in [0.25, 0.3) is 0 Å². The van der Waals surface area contributed by atoms with Crippen molar-refractivity contribution >= 4 is 27.7 Å². The molecule has 0 bridgehead atoms. The van der Waals surface area contributed by atoms with E-state index >= 15 is 0 Å². The number of rotatable bonds is 3. The van der Waals surface area contributed by atoms with Gasteiger partial charge in [0.1, 0.15) is 5.82 Å². The molecule has 0 radical (unpaired) electrons. The summed E-state index contributed by atoms with van der Waals surface area (Å²) in [6.45, 7) is 2.31. The number of hydrogen-bond donors (Lipinski definition) is 1. The third-order valence-corrected chi connectivity index (χ3v) is 2.60. The molecular weight excluding hydrogens is 258 g/mol. The van der Waals surface area contributed by atoms with Crippen molar-refractivity contribution in [1.82, 2.24) is 9.88 Å². The summed E-state index contributed by atoms with van der Waals surface area (Å²) in [5.74, 6) is 0.525. The fraction of sp³-hybridized carbons (Fsp3) is 0.400. The van der Waals surface area contributed by atoms with E-state index in [0.717, 1.165) is 10.0 Å². The van der Waals surface area contributed by atoms with Gasteiger partial charge in [0.05, 0.1) is 6.54 Å². The van der Waals surface area contributed by atoms with Crippen LogP contribution in [0.3, 0.4) is 0 Å². The van der Waals surface area contributed by atoms with Crippen molar-refractivity contribution in [2.45, 2.75) is 6.92 Å². The Balaban J connectivity index is 2.65. The van der Waals surface area contributed by atoms with Crippen molar-refractivity contribution in [1.29, 1.82) is 0 Å². The van der Waals surface area contributed by atoms with Crippen LogP contribution in [0.2, 0.25) is 0 Å². The van der Waals surface area contributed by atoms with Gasteiger partial charge in [-0.2, -0.15) is 0 Å². The topological polar surface area (TPSA) is 45.2 Å². The summed E-state index contributed by atoms with van der Waals surface area (Å²) >= 11 is 3.35. The number of nitrogens with zero attached hydrogens (tertiary/aromatic N) is 2. The number of nitrogens with one attached hydrogen (secondary N) is 1. The first-order valence-corrected chi connectivity index (χ1v) is 5.35. The maximum Gasteiger partial charge on any atom is 0.239 e. The molecule has 4 nitrogen and oxygen atoms in total. The smallest absolute Gasteiger partial charge is 0.239 e. The van der Waals surface area contributed by atoms with Crippen LogP contribution in [-0.4, -0.2) is 36.4 Å². The van der Waals surface area contributed by atoms with Gasteiger partial charge in [0.15, 0.2) is 0 Å². The van der Waals surface area contributed by atoms with Gasteiger partial charge in [0.2, 0.25) is 5.91 Å². The molecule has 1 amide bonds. The standard InChI is InChI=1S/C10H14BrN3O/c1-7-4-9(12-5-8(7)11)13-10(15)6-14(2)3/h4-5H,6H2,1-3H3,(H,12,13,15). The summed E-state index contributed by atoms with van der Waals surface area (Å²) in [6, 6.07) is 1.83. The molecule has 0 aliphatic heterocycles. The van der Waals surface area contributed by atoms with Crippen molar-refractivity contribution in [2.24, 2.45) is 0 Å². The van der Waals surface area contributed by atoms with E-state index in [0.29, 0.717) is 12.4 Å². The van der Waals surface area contributed by atoms with Gasteiger partial charge >= 0.3 is 0 Å². The molecule has 5 heteroatoms. The number of anilines is 1. The number of carbonyl (C=O) groups is 1. The number of likely N-dealkylation sites (N-methyl/N-ethyl adjacent to an activating group) is 1. The van der Waals surface area contributed by atoms with E-state index in [2.05, 4.69) is 26.2 Å². The Bertz CT molecular complexity index is 366. The molecule has 1 aromatic rings. The molecule has 15 heavy (non-hydrogen) atoms. The van der Waals surface area contributed by atoms with Crippen LogP contribution < -0.4 is 5.32 Å². The summed E-state index contributed by atoms with van der Waals surface area (Å²) < 4.78 is 0.938. The summed E-state index contributed by atoms with van der Waals surface area (Å²) in [4.78, 5) is 17.3. The number of aromatic nitrogens is 1. The molecule has 1 heterocycles. The molecule has 0 atom stereocenters. The zero-order valence-electron chi connectivity index (χ0n) is 9.04. The first-order chi connectivity index (χ1) is 6.99. The number of halogens is 1. The predicted octanol–water partition coefficient (Wildman–Crippen LogP) is 1.65. The SMILES string of the molecule is Cc1cc(NC(=O)CN(C)C)ncc1Br. The second-order valence-electron chi connectivity index (χ2n) is 3.60. The van der Waals surface area contributed by atoms with Gasteiger partial charge < -0.3 is 10.2 Å². The Labute approximate surface area is 97.8 Å². The van der Waals surface area contributed by atoms with Crippen molar-refractivity contribution in [2.75, 3.05) is 26.0 Å². The molecule has 0 aliphatic rings. The molecule has 0 saturated heterocycles. The summed E-state index contributed by atoms with van der Waals surface area (Å²) in [5, 5.41) is 2.73. The molecule has 0 fully saturated rings. The van der Waals surface area contributed by atoms with Crippen molar-refractivity contribution < 1.29 is 4.79 Å². The lowest BCUT2D eigenvalue weighted by Crippen LogP contribution is -2.27. The van der Waals surface area contributed by atoms with Crippen molar-refractivity contribution in [3.63, 3.8) is 0 Å². The van der Waals surface area contributed by atoms with Crippen LogP contribution >= 0.6 is 15.9 Å². The van der Waals surface area contributed by atoms with E-state index in [1.54, 1.807) is 11.1 Å². The van der Waals surface area contributed by atoms with Crippen molar-refractivity contribution in [3.05, 3.63) is 22.3 Å². The zero-order valence-corrected chi connectivity index (χ0v) is 10.6. The summed E-state index contributed by atoms with van der Waals surface area (Å²) in [6.07, 6.45) is 1.68. The normalized spacial score (nSPS) is 10.5. The summed E-state index contributed by atoms with van der Waals surface area (Å²) in [5.41, 5.74) is 1.05. The van der Waals surface area contributed by atoms with E-state index in [-0.39, 0.29) is 5.91 Å². The Morgan fingerprint density at radius 1 is 1.60 bits per heavy atom. The molecular formula is C10H14BrN3O. The van der Waals surface area contributed by atoms with Crippen LogP contribution in [0.25, 0.3) is 0 Å². The fourth-order valence-corrected chi connectivity index (χ4v) is 1.29. The van der Waals surface area contributed by atoms with Gasteiger partial charge in [-0.1, -0.05) is 0 Å². The molecule has 82 valence electrons. The maximum absolute atomic E-state index is 11.4. The molecule has 1 rings (SSSR count). The Morgan fingerprint density at radius 3 is 2.80 bits per heavy atom. The highest BCUT2D eigenvalue weighted by Gasteiger charge is 2.05. The molecule has 0 saturated carbocycles. The average molecular weight is 272 g/mol. The maximum atomic E-state index is 11.4. The molecule has 1 aromatic heterocycles. The fourth-order valence-electron chi connectivity index (χ4n) is 1.08. The largest absolute Gasteiger partial charge is 0.310 e. The monoisotopic (exact) mass is 271 g/mol. The van der Waals surface area contributed by atoms with Crippen LogP contribution in [0.4, 0.5) is 5.82 Å². The van der Waals surface area contributed by atoms with Crippen LogP contribution in [0.5, 0.6) is 0 Å². The second kappa shape index (κ2) is 5.23. The molecule has 0 spiro atoms. The molecule has 0 aliphatic carbocycles. The van der Waals surface area contributed by atoms with Gasteiger partial charge in [-0.25, -0.2) is 4.98 Å². The molecule has 0 aromatic carbocycles. The highest BCUT2D eigenvalue weighted by atomic mass is 79.9. The van der Waals surface area contributed by atoms with Crippen LogP contribution in [-0.2, 0) is 4.79 Å². The van der Waals surface area contributed by atoms with E-state index < -0.39 is 0 Å². The number of hydrogen-bond acceptors (Lipinski definition) is 3. The number of pyridine rings is 1. The number of carbonyl (C=O) groups excluding carboxylic acids is 1. The van der Waals surface area contributed by atoms with E-state index in [1.807, 2.05) is 27.1 Å². The lowest BCUT2D eigenvalue weighted by Gasteiger charge is -2.10. The Kier molecular flexibility index (Phi) is 4.23. The number of aryl methyl sites for hydroxylation is 1.